The number of esters is 1. The highest BCUT2D eigenvalue weighted by molar-refractivity contribution is 5.85. The Morgan fingerprint density at radius 1 is 0.947 bits per heavy atom. The third-order valence-electron chi connectivity index (χ3n) is 6.81. The molecule has 4 rings (SSSR count). The fraction of sp³-hybridized carbons (Fsp3) is 0.355. The number of para-hydroxylation sites is 1. The summed E-state index contributed by atoms with van der Waals surface area (Å²) in [6.07, 6.45) is 2.86. The minimum absolute atomic E-state index is 0.0201. The van der Waals surface area contributed by atoms with Crippen molar-refractivity contribution >= 4 is 33.6 Å². The van der Waals surface area contributed by atoms with Crippen molar-refractivity contribution in [2.45, 2.75) is 58.9 Å². The predicted molar refractivity (Wildman–Crippen MR) is 150 cm³/mol. The molecule has 3 aromatic carbocycles. The molecule has 1 unspecified atom stereocenters. The Morgan fingerprint density at radius 3 is 2.45 bits per heavy atom. The Hall–Kier alpha value is -4.00. The number of nitrogens with zero attached hydrogens (tertiary/aromatic N) is 3. The molecule has 1 amide bonds. The maximum atomic E-state index is 13.9. The summed E-state index contributed by atoms with van der Waals surface area (Å²) in [5, 5.41) is 2.60. The van der Waals surface area contributed by atoms with Crippen molar-refractivity contribution in [3.05, 3.63) is 82.9 Å². The van der Waals surface area contributed by atoms with Crippen LogP contribution in [0, 0.1) is 0 Å². The summed E-state index contributed by atoms with van der Waals surface area (Å²) in [5.74, 6) is -0.0574. The van der Waals surface area contributed by atoms with Crippen LogP contribution < -0.4 is 5.56 Å². The van der Waals surface area contributed by atoms with Gasteiger partial charge in [0.25, 0.3) is 5.56 Å². The highest BCUT2D eigenvalue weighted by atomic mass is 16.5. The number of carbonyl (C=O) groups excluding carboxylic acids is 2. The number of hydrogen-bond donors (Lipinski definition) is 0. The lowest BCUT2D eigenvalue weighted by atomic mass is 10.1. The number of aromatic nitrogens is 2. The average molecular weight is 514 g/mol. The van der Waals surface area contributed by atoms with Gasteiger partial charge in [0.1, 0.15) is 5.82 Å². The Bertz CT molecular complexity index is 1490. The third-order valence-corrected chi connectivity index (χ3v) is 6.81. The van der Waals surface area contributed by atoms with Crippen molar-refractivity contribution in [3.63, 3.8) is 0 Å². The molecule has 0 spiro atoms. The molecular formula is C31H35N3O4. The van der Waals surface area contributed by atoms with E-state index in [4.69, 9.17) is 9.72 Å². The number of ether oxygens (including phenoxy) is 1. The first-order chi connectivity index (χ1) is 18.4. The molecule has 0 fully saturated rings. The minimum Gasteiger partial charge on any atom is -0.466 e. The highest BCUT2D eigenvalue weighted by Crippen LogP contribution is 2.26. The van der Waals surface area contributed by atoms with Crippen LogP contribution in [0.4, 0.5) is 0 Å². The van der Waals surface area contributed by atoms with Crippen LogP contribution in [0.1, 0.15) is 64.7 Å². The molecule has 198 valence electrons. The molecule has 0 bridgehead atoms. The standard InChI is InChI=1S/C31H35N3O4/c1-4-6-11-20-33(28(35)18-19-29(36)38-5-2)22(3)30-32-27-15-10-9-14-26(27)31(37)34(30)25-17-16-23-12-7-8-13-24(23)21-25/h7-10,12-17,21-22H,4-6,11,18-20H2,1-3H3. The second kappa shape index (κ2) is 12.5. The molecule has 0 saturated carbocycles. The third kappa shape index (κ3) is 5.93. The van der Waals surface area contributed by atoms with Crippen LogP contribution in [0.5, 0.6) is 0 Å². The molecule has 7 heteroatoms. The van der Waals surface area contributed by atoms with E-state index in [1.807, 2.05) is 67.6 Å². The number of hydrogen-bond acceptors (Lipinski definition) is 5. The van der Waals surface area contributed by atoms with Crippen LogP contribution in [-0.4, -0.2) is 39.5 Å². The topological polar surface area (TPSA) is 81.5 Å². The summed E-state index contributed by atoms with van der Waals surface area (Å²) >= 11 is 0. The maximum Gasteiger partial charge on any atom is 0.306 e. The number of rotatable bonds is 11. The second-order valence-corrected chi connectivity index (χ2v) is 9.43. The molecule has 0 radical (unpaired) electrons. The van der Waals surface area contributed by atoms with E-state index < -0.39 is 6.04 Å². The molecule has 1 aromatic heterocycles. The lowest BCUT2D eigenvalue weighted by Gasteiger charge is -2.31. The molecule has 38 heavy (non-hydrogen) atoms. The lowest BCUT2D eigenvalue weighted by Crippen LogP contribution is -2.38. The van der Waals surface area contributed by atoms with Gasteiger partial charge in [-0.1, -0.05) is 62.2 Å². The average Bonchev–Trinajstić information content (AvgIpc) is 2.93. The van der Waals surface area contributed by atoms with Crippen LogP contribution in [-0.2, 0) is 14.3 Å². The normalized spacial score (nSPS) is 12.0. The van der Waals surface area contributed by atoms with Crippen molar-refractivity contribution in [2.24, 2.45) is 0 Å². The molecular weight excluding hydrogens is 478 g/mol. The van der Waals surface area contributed by atoms with Gasteiger partial charge in [-0.15, -0.1) is 0 Å². The molecule has 4 aromatic rings. The zero-order chi connectivity index (χ0) is 27.1. The number of carbonyl (C=O) groups is 2. The summed E-state index contributed by atoms with van der Waals surface area (Å²) in [7, 11) is 0. The van der Waals surface area contributed by atoms with Gasteiger partial charge in [-0.25, -0.2) is 4.98 Å². The van der Waals surface area contributed by atoms with Crippen LogP contribution in [0.3, 0.4) is 0 Å². The Morgan fingerprint density at radius 2 is 1.68 bits per heavy atom. The molecule has 0 N–H and O–H groups in total. The Balaban J connectivity index is 1.81. The molecule has 0 saturated heterocycles. The van der Waals surface area contributed by atoms with Crippen molar-refractivity contribution in [3.8, 4) is 5.69 Å². The summed E-state index contributed by atoms with van der Waals surface area (Å²) in [5.41, 5.74) is 1.10. The van der Waals surface area contributed by atoms with Crippen molar-refractivity contribution in [1.29, 1.82) is 0 Å². The molecule has 1 atom stereocenters. The summed E-state index contributed by atoms with van der Waals surface area (Å²) in [6, 6.07) is 20.7. The van der Waals surface area contributed by atoms with Crippen molar-refractivity contribution < 1.29 is 14.3 Å². The van der Waals surface area contributed by atoms with E-state index in [0.717, 1.165) is 30.0 Å². The highest BCUT2D eigenvalue weighted by Gasteiger charge is 2.27. The summed E-state index contributed by atoms with van der Waals surface area (Å²) in [6.45, 7) is 6.55. The van der Waals surface area contributed by atoms with E-state index in [1.165, 1.54) is 0 Å². The van der Waals surface area contributed by atoms with E-state index in [1.54, 1.807) is 22.5 Å². The van der Waals surface area contributed by atoms with E-state index >= 15 is 0 Å². The quantitative estimate of drug-likeness (QED) is 0.183. The predicted octanol–water partition coefficient (Wildman–Crippen LogP) is 5.96. The van der Waals surface area contributed by atoms with Gasteiger partial charge in [0.05, 0.1) is 35.7 Å². The van der Waals surface area contributed by atoms with Gasteiger partial charge in [0.2, 0.25) is 5.91 Å². The first-order valence-electron chi connectivity index (χ1n) is 13.4. The van der Waals surface area contributed by atoms with Crippen LogP contribution in [0.25, 0.3) is 27.4 Å². The van der Waals surface area contributed by atoms with E-state index in [0.29, 0.717) is 29.0 Å². The number of amides is 1. The van der Waals surface area contributed by atoms with Gasteiger partial charge in [-0.2, -0.15) is 0 Å². The van der Waals surface area contributed by atoms with E-state index in [9.17, 15) is 14.4 Å². The second-order valence-electron chi connectivity index (χ2n) is 9.43. The molecule has 0 aliphatic rings. The maximum absolute atomic E-state index is 13.9. The van der Waals surface area contributed by atoms with Gasteiger partial charge in [0.15, 0.2) is 0 Å². The van der Waals surface area contributed by atoms with Crippen molar-refractivity contribution in [2.75, 3.05) is 13.2 Å². The van der Waals surface area contributed by atoms with E-state index in [2.05, 4.69) is 6.92 Å². The van der Waals surface area contributed by atoms with Crippen molar-refractivity contribution in [1.82, 2.24) is 14.5 Å². The van der Waals surface area contributed by atoms with Crippen LogP contribution >= 0.6 is 0 Å². The van der Waals surface area contributed by atoms with Gasteiger partial charge >= 0.3 is 5.97 Å². The first kappa shape index (κ1) is 27.0. The molecule has 0 aliphatic heterocycles. The van der Waals surface area contributed by atoms with Gasteiger partial charge in [-0.05, 0) is 55.3 Å². The SMILES string of the molecule is CCCCCN(C(=O)CCC(=O)OCC)C(C)c1nc2ccccc2c(=O)n1-c1ccc2ccccc2c1. The lowest BCUT2D eigenvalue weighted by molar-refractivity contribution is -0.146. The minimum atomic E-state index is -0.495. The van der Waals surface area contributed by atoms with E-state index in [-0.39, 0.29) is 36.9 Å². The molecule has 1 heterocycles. The number of benzene rings is 3. The zero-order valence-corrected chi connectivity index (χ0v) is 22.4. The van der Waals surface area contributed by atoms with Gasteiger partial charge in [-0.3, -0.25) is 19.0 Å². The van der Waals surface area contributed by atoms with Gasteiger partial charge in [0, 0.05) is 13.0 Å². The zero-order valence-electron chi connectivity index (χ0n) is 22.4. The number of unbranched alkanes of at least 4 members (excludes halogenated alkanes) is 2. The Labute approximate surface area is 223 Å². The Kier molecular flexibility index (Phi) is 8.89. The van der Waals surface area contributed by atoms with Crippen LogP contribution in [0.2, 0.25) is 0 Å². The van der Waals surface area contributed by atoms with Gasteiger partial charge < -0.3 is 9.64 Å². The smallest absolute Gasteiger partial charge is 0.306 e. The summed E-state index contributed by atoms with van der Waals surface area (Å²) in [4.78, 5) is 46.0. The van der Waals surface area contributed by atoms with Crippen LogP contribution in [0.15, 0.2) is 71.5 Å². The first-order valence-corrected chi connectivity index (χ1v) is 13.4. The largest absolute Gasteiger partial charge is 0.466 e. The fourth-order valence-electron chi connectivity index (χ4n) is 4.79. The monoisotopic (exact) mass is 513 g/mol. The molecule has 0 aliphatic carbocycles. The summed E-state index contributed by atoms with van der Waals surface area (Å²) < 4.78 is 6.65. The fourth-order valence-corrected chi connectivity index (χ4v) is 4.79. The number of fused-ring (bicyclic) bond motifs is 2. The molecule has 7 nitrogen and oxygen atoms in total.